The maximum absolute atomic E-state index is 12.7. The van der Waals surface area contributed by atoms with E-state index in [2.05, 4.69) is 15.4 Å². The number of rotatable bonds is 4. The van der Waals surface area contributed by atoms with E-state index < -0.39 is 0 Å². The average molecular weight is 355 g/mol. The number of hydrogen-bond acceptors (Lipinski definition) is 5. The van der Waals surface area contributed by atoms with Crippen molar-refractivity contribution in [2.24, 2.45) is 7.05 Å². The summed E-state index contributed by atoms with van der Waals surface area (Å²) in [6.07, 6.45) is 1.84. The lowest BCUT2D eigenvalue weighted by Crippen LogP contribution is -2.28. The molecule has 3 aromatic heterocycles. The topological polar surface area (TPSA) is 73.4 Å². The first-order valence-corrected chi connectivity index (χ1v) is 8.68. The molecule has 25 heavy (non-hydrogen) atoms. The van der Waals surface area contributed by atoms with Crippen LogP contribution in [0.2, 0.25) is 0 Å². The second-order valence-electron chi connectivity index (χ2n) is 5.84. The zero-order chi connectivity index (χ0) is 17.6. The number of aryl methyl sites for hydroxylation is 1. The number of carbonyl (C=O) groups is 1. The molecule has 4 rings (SSSR count). The Bertz CT molecular complexity index is 1050. The van der Waals surface area contributed by atoms with Gasteiger partial charge >= 0.3 is 0 Å². The van der Waals surface area contributed by atoms with Crippen molar-refractivity contribution >= 4 is 33.1 Å². The molecule has 0 aliphatic carbocycles. The van der Waals surface area contributed by atoms with Gasteiger partial charge in [-0.15, -0.1) is 0 Å². The van der Waals surface area contributed by atoms with Crippen LogP contribution in [0.3, 0.4) is 0 Å². The molecule has 1 N–H and O–H groups in total. The molecule has 1 amide bonds. The van der Waals surface area contributed by atoms with E-state index in [4.69, 9.17) is 4.74 Å². The number of aromatic nitrogens is 4. The smallest absolute Gasteiger partial charge is 0.268 e. The zero-order valence-electron chi connectivity index (χ0n) is 14.1. The van der Waals surface area contributed by atoms with Gasteiger partial charge < -0.3 is 14.6 Å². The molecule has 0 aliphatic heterocycles. The normalized spacial score (nSPS) is 12.6. The van der Waals surface area contributed by atoms with Gasteiger partial charge in [-0.25, -0.2) is 9.50 Å². The average Bonchev–Trinajstić information content (AvgIpc) is 3.27. The van der Waals surface area contributed by atoms with Gasteiger partial charge in [-0.3, -0.25) is 4.79 Å². The Kier molecular flexibility index (Phi) is 3.69. The molecule has 4 aromatic rings. The monoisotopic (exact) mass is 355 g/mol. The molecule has 0 fully saturated rings. The zero-order valence-corrected chi connectivity index (χ0v) is 14.9. The Morgan fingerprint density at radius 3 is 2.96 bits per heavy atom. The van der Waals surface area contributed by atoms with Crippen molar-refractivity contribution in [1.82, 2.24) is 24.5 Å². The van der Waals surface area contributed by atoms with E-state index >= 15 is 0 Å². The predicted molar refractivity (Wildman–Crippen MR) is 96.2 cm³/mol. The molecule has 3 heterocycles. The number of hydrogen-bond donors (Lipinski definition) is 1. The number of benzene rings is 1. The number of nitrogens with zero attached hydrogens (tertiary/aromatic N) is 4. The SMILES string of the molecule is COc1ccc2c(c1)cc(C(=O)N[C@@H](C)c1cn3ncsc3n1)n2C. The van der Waals surface area contributed by atoms with Crippen molar-refractivity contribution in [2.75, 3.05) is 7.11 Å². The minimum atomic E-state index is -0.214. The van der Waals surface area contributed by atoms with E-state index in [-0.39, 0.29) is 11.9 Å². The van der Waals surface area contributed by atoms with Gasteiger partial charge in [-0.2, -0.15) is 5.10 Å². The van der Waals surface area contributed by atoms with Crippen molar-refractivity contribution < 1.29 is 9.53 Å². The molecular weight excluding hydrogens is 338 g/mol. The number of imidazole rings is 1. The van der Waals surface area contributed by atoms with Crippen molar-refractivity contribution in [3.8, 4) is 5.75 Å². The predicted octanol–water partition coefficient (Wildman–Crippen LogP) is 2.78. The fourth-order valence-electron chi connectivity index (χ4n) is 2.88. The van der Waals surface area contributed by atoms with E-state index in [0.29, 0.717) is 5.69 Å². The molecule has 0 radical (unpaired) electrons. The van der Waals surface area contributed by atoms with Gasteiger partial charge in [0.2, 0.25) is 4.96 Å². The van der Waals surface area contributed by atoms with Gasteiger partial charge in [-0.05, 0) is 31.2 Å². The van der Waals surface area contributed by atoms with Crippen molar-refractivity contribution in [2.45, 2.75) is 13.0 Å². The van der Waals surface area contributed by atoms with Crippen molar-refractivity contribution in [3.63, 3.8) is 0 Å². The maximum Gasteiger partial charge on any atom is 0.268 e. The summed E-state index contributed by atoms with van der Waals surface area (Å²) in [5.74, 6) is 0.624. The molecule has 128 valence electrons. The third kappa shape index (κ3) is 2.64. The fraction of sp³-hybridized carbons (Fsp3) is 0.235. The number of ether oxygens (including phenoxy) is 1. The Hall–Kier alpha value is -2.87. The van der Waals surface area contributed by atoms with E-state index in [0.717, 1.165) is 27.3 Å². The van der Waals surface area contributed by atoms with Crippen LogP contribution < -0.4 is 10.1 Å². The molecule has 0 unspecified atom stereocenters. The van der Waals surface area contributed by atoms with Gasteiger partial charge in [0, 0.05) is 18.0 Å². The quantitative estimate of drug-likeness (QED) is 0.611. The number of amides is 1. The highest BCUT2D eigenvalue weighted by molar-refractivity contribution is 7.14. The minimum absolute atomic E-state index is 0.144. The first-order valence-electron chi connectivity index (χ1n) is 7.80. The van der Waals surface area contributed by atoms with Crippen LogP contribution in [-0.2, 0) is 7.05 Å². The third-order valence-electron chi connectivity index (χ3n) is 4.28. The summed E-state index contributed by atoms with van der Waals surface area (Å²) in [5.41, 5.74) is 4.09. The van der Waals surface area contributed by atoms with Gasteiger partial charge in [0.25, 0.3) is 5.91 Å². The van der Waals surface area contributed by atoms with Crippen LogP contribution >= 0.6 is 11.3 Å². The lowest BCUT2D eigenvalue weighted by Gasteiger charge is -2.12. The van der Waals surface area contributed by atoms with Crippen LogP contribution in [0.4, 0.5) is 0 Å². The lowest BCUT2D eigenvalue weighted by molar-refractivity contribution is 0.0931. The Labute approximate surface area is 147 Å². The molecule has 0 saturated heterocycles. The van der Waals surface area contributed by atoms with Crippen LogP contribution in [0.1, 0.15) is 29.1 Å². The summed E-state index contributed by atoms with van der Waals surface area (Å²) in [7, 11) is 3.51. The van der Waals surface area contributed by atoms with Gasteiger partial charge in [0.05, 0.1) is 25.0 Å². The molecule has 1 atom stereocenters. The van der Waals surface area contributed by atoms with Crippen LogP contribution in [0.15, 0.2) is 36.0 Å². The number of fused-ring (bicyclic) bond motifs is 2. The number of methoxy groups -OCH3 is 1. The highest BCUT2D eigenvalue weighted by atomic mass is 32.1. The minimum Gasteiger partial charge on any atom is -0.497 e. The summed E-state index contributed by atoms with van der Waals surface area (Å²) >= 11 is 1.46. The van der Waals surface area contributed by atoms with Crippen LogP contribution in [0.5, 0.6) is 5.75 Å². The molecule has 0 saturated carbocycles. The maximum atomic E-state index is 12.7. The second-order valence-corrected chi connectivity index (χ2v) is 6.65. The van der Waals surface area contributed by atoms with Crippen molar-refractivity contribution in [1.29, 1.82) is 0 Å². The Morgan fingerprint density at radius 2 is 2.20 bits per heavy atom. The lowest BCUT2D eigenvalue weighted by atomic mass is 10.2. The number of nitrogens with one attached hydrogen (secondary N) is 1. The summed E-state index contributed by atoms with van der Waals surface area (Å²) in [5, 5.41) is 8.13. The Morgan fingerprint density at radius 1 is 1.36 bits per heavy atom. The summed E-state index contributed by atoms with van der Waals surface area (Å²) in [6.45, 7) is 1.91. The second kappa shape index (κ2) is 5.89. The Balaban J connectivity index is 1.60. The van der Waals surface area contributed by atoms with Crippen LogP contribution in [0.25, 0.3) is 15.9 Å². The first-order chi connectivity index (χ1) is 12.1. The van der Waals surface area contributed by atoms with E-state index in [1.54, 1.807) is 17.1 Å². The summed E-state index contributed by atoms with van der Waals surface area (Å²) in [6, 6.07) is 7.41. The molecule has 0 bridgehead atoms. The molecule has 7 nitrogen and oxygen atoms in total. The molecule has 0 spiro atoms. The van der Waals surface area contributed by atoms with Crippen molar-refractivity contribution in [3.05, 3.63) is 47.4 Å². The summed E-state index contributed by atoms with van der Waals surface area (Å²) < 4.78 is 8.84. The molecule has 8 heteroatoms. The van der Waals surface area contributed by atoms with E-state index in [1.165, 1.54) is 11.3 Å². The number of carbonyl (C=O) groups excluding carboxylic acids is 1. The largest absolute Gasteiger partial charge is 0.497 e. The van der Waals surface area contributed by atoms with E-state index in [1.807, 2.05) is 49.0 Å². The van der Waals surface area contributed by atoms with Gasteiger partial charge in [0.15, 0.2) is 0 Å². The van der Waals surface area contributed by atoms with Gasteiger partial charge in [-0.1, -0.05) is 11.3 Å². The first kappa shape index (κ1) is 15.6. The molecule has 0 aliphatic rings. The van der Waals surface area contributed by atoms with Gasteiger partial charge in [0.1, 0.15) is 17.0 Å². The fourth-order valence-corrected chi connectivity index (χ4v) is 3.49. The standard InChI is InChI=1S/C17H17N5O2S/c1-10(13-8-22-17(20-13)25-9-18-22)19-16(23)15-7-11-6-12(24-3)4-5-14(11)21(15)2/h4-10H,1-3H3,(H,19,23)/t10-/m0/s1. The molecule has 1 aromatic carbocycles. The highest BCUT2D eigenvalue weighted by Crippen LogP contribution is 2.24. The van der Waals surface area contributed by atoms with Crippen LogP contribution in [-0.4, -0.2) is 32.2 Å². The van der Waals surface area contributed by atoms with E-state index in [9.17, 15) is 4.79 Å². The highest BCUT2D eigenvalue weighted by Gasteiger charge is 2.18. The third-order valence-corrected chi connectivity index (χ3v) is 4.97. The van der Waals surface area contributed by atoms with Crippen LogP contribution in [0, 0.1) is 0 Å². The summed E-state index contributed by atoms with van der Waals surface area (Å²) in [4.78, 5) is 18.0. The molecular formula is C17H17N5O2S.